The largest absolute Gasteiger partial charge is 0.338 e. The Labute approximate surface area is 115 Å². The fourth-order valence-electron chi connectivity index (χ4n) is 2.64. The van der Waals surface area contributed by atoms with Gasteiger partial charge in [0.05, 0.1) is 0 Å². The summed E-state index contributed by atoms with van der Waals surface area (Å²) >= 11 is 0. The minimum Gasteiger partial charge on any atom is -0.338 e. The van der Waals surface area contributed by atoms with Crippen molar-refractivity contribution in [3.8, 4) is 0 Å². The maximum absolute atomic E-state index is 5.39. The Hall–Kier alpha value is -1.10. The van der Waals surface area contributed by atoms with E-state index in [4.69, 9.17) is 4.52 Å². The van der Waals surface area contributed by atoms with E-state index in [0.717, 1.165) is 37.8 Å². The van der Waals surface area contributed by atoms with E-state index in [1.165, 1.54) is 32.1 Å². The lowest BCUT2D eigenvalue weighted by molar-refractivity contribution is 0.355. The van der Waals surface area contributed by atoms with Gasteiger partial charge in [0.25, 0.3) is 5.95 Å². The van der Waals surface area contributed by atoms with Gasteiger partial charge in [0.1, 0.15) is 0 Å². The van der Waals surface area contributed by atoms with Crippen molar-refractivity contribution in [2.75, 3.05) is 25.0 Å². The first kappa shape index (κ1) is 14.3. The first-order chi connectivity index (χ1) is 9.33. The molecule has 1 aromatic heterocycles. The Morgan fingerprint density at radius 3 is 2.63 bits per heavy atom. The summed E-state index contributed by atoms with van der Waals surface area (Å²) in [4.78, 5) is 6.81. The smallest absolute Gasteiger partial charge is 0.266 e. The average Bonchev–Trinajstić information content (AvgIpc) is 2.72. The van der Waals surface area contributed by atoms with E-state index in [0.29, 0.717) is 6.04 Å². The summed E-state index contributed by atoms with van der Waals surface area (Å²) in [5, 5.41) is 7.45. The van der Waals surface area contributed by atoms with Gasteiger partial charge in [0.2, 0.25) is 5.89 Å². The van der Waals surface area contributed by atoms with Crippen molar-refractivity contribution in [1.82, 2.24) is 15.5 Å². The summed E-state index contributed by atoms with van der Waals surface area (Å²) in [5.41, 5.74) is 0. The average molecular weight is 266 g/mol. The van der Waals surface area contributed by atoms with E-state index in [1.54, 1.807) is 0 Å². The maximum Gasteiger partial charge on any atom is 0.266 e. The molecule has 0 aromatic carbocycles. The monoisotopic (exact) mass is 266 g/mol. The molecule has 1 atom stereocenters. The predicted molar refractivity (Wildman–Crippen MR) is 76.4 cm³/mol. The lowest BCUT2D eigenvalue weighted by Crippen LogP contribution is -2.27. The van der Waals surface area contributed by atoms with Crippen molar-refractivity contribution in [3.63, 3.8) is 0 Å². The van der Waals surface area contributed by atoms with Gasteiger partial charge in [-0.1, -0.05) is 26.2 Å². The molecule has 5 nitrogen and oxygen atoms in total. The molecule has 1 N–H and O–H groups in total. The van der Waals surface area contributed by atoms with E-state index in [1.807, 2.05) is 7.05 Å². The van der Waals surface area contributed by atoms with Crippen LogP contribution < -0.4 is 10.2 Å². The Balaban J connectivity index is 1.93. The molecule has 0 aliphatic carbocycles. The molecule has 1 aliphatic heterocycles. The van der Waals surface area contributed by atoms with E-state index < -0.39 is 0 Å². The second-order valence-corrected chi connectivity index (χ2v) is 5.37. The van der Waals surface area contributed by atoms with Gasteiger partial charge in [-0.3, -0.25) is 0 Å². The number of nitrogens with zero attached hydrogens (tertiary/aromatic N) is 3. The topological polar surface area (TPSA) is 54.2 Å². The van der Waals surface area contributed by atoms with Crippen molar-refractivity contribution in [3.05, 3.63) is 5.89 Å². The van der Waals surface area contributed by atoms with Crippen LogP contribution in [0.1, 0.15) is 51.3 Å². The Bertz CT molecular complexity index is 358. The first-order valence-electron chi connectivity index (χ1n) is 7.58. The van der Waals surface area contributed by atoms with Crippen LogP contribution in [0.5, 0.6) is 0 Å². The van der Waals surface area contributed by atoms with Crippen LogP contribution in [0.2, 0.25) is 0 Å². The van der Waals surface area contributed by atoms with Crippen LogP contribution in [0.4, 0.5) is 5.95 Å². The van der Waals surface area contributed by atoms with Crippen molar-refractivity contribution in [2.24, 2.45) is 0 Å². The van der Waals surface area contributed by atoms with Crippen LogP contribution in [-0.4, -0.2) is 36.3 Å². The van der Waals surface area contributed by atoms with Crippen LogP contribution in [0.3, 0.4) is 0 Å². The molecule has 1 saturated heterocycles. The highest BCUT2D eigenvalue weighted by molar-refractivity contribution is 5.27. The van der Waals surface area contributed by atoms with Gasteiger partial charge in [0, 0.05) is 25.6 Å². The van der Waals surface area contributed by atoms with Gasteiger partial charge in [-0.15, -0.1) is 0 Å². The number of aromatic nitrogens is 2. The number of hydrogen-bond acceptors (Lipinski definition) is 5. The molecule has 2 rings (SSSR count). The third kappa shape index (κ3) is 4.20. The Morgan fingerprint density at radius 2 is 2.00 bits per heavy atom. The molecule has 0 radical (unpaired) electrons. The van der Waals surface area contributed by atoms with Gasteiger partial charge < -0.3 is 14.7 Å². The van der Waals surface area contributed by atoms with Crippen molar-refractivity contribution < 1.29 is 4.52 Å². The zero-order valence-electron chi connectivity index (χ0n) is 12.2. The first-order valence-corrected chi connectivity index (χ1v) is 7.58. The standard InChI is InChI=1S/C14H26N4O/c1-3-8-12(15-2)11-13-16-14(17-19-13)18-9-6-4-5-7-10-18/h12,15H,3-11H2,1-2H3. The summed E-state index contributed by atoms with van der Waals surface area (Å²) < 4.78 is 5.39. The number of likely N-dealkylation sites (N-methyl/N-ethyl adjacent to an activating group) is 1. The van der Waals surface area contributed by atoms with Crippen LogP contribution in [0, 0.1) is 0 Å². The fourth-order valence-corrected chi connectivity index (χ4v) is 2.64. The van der Waals surface area contributed by atoms with Gasteiger partial charge in [-0.2, -0.15) is 4.98 Å². The SMILES string of the molecule is CCCC(Cc1nc(N2CCCCCC2)no1)NC. The van der Waals surface area contributed by atoms with Crippen molar-refractivity contribution in [2.45, 2.75) is 57.9 Å². The van der Waals surface area contributed by atoms with Gasteiger partial charge >= 0.3 is 0 Å². The second kappa shape index (κ2) is 7.48. The molecule has 1 aromatic rings. The number of hydrogen-bond donors (Lipinski definition) is 1. The summed E-state index contributed by atoms with van der Waals surface area (Å²) in [7, 11) is 1.99. The predicted octanol–water partition coefficient (Wildman–Crippen LogP) is 2.38. The second-order valence-electron chi connectivity index (χ2n) is 5.37. The number of nitrogens with one attached hydrogen (secondary N) is 1. The van der Waals surface area contributed by atoms with E-state index >= 15 is 0 Å². The summed E-state index contributed by atoms with van der Waals surface area (Å²) in [6.07, 6.45) is 8.23. The zero-order chi connectivity index (χ0) is 13.5. The maximum atomic E-state index is 5.39. The molecule has 0 bridgehead atoms. The van der Waals surface area contributed by atoms with Gasteiger partial charge in [-0.25, -0.2) is 0 Å². The molecular formula is C14H26N4O. The van der Waals surface area contributed by atoms with Gasteiger partial charge in [-0.05, 0) is 31.5 Å². The summed E-state index contributed by atoms with van der Waals surface area (Å²) in [5.74, 6) is 1.54. The lowest BCUT2D eigenvalue weighted by Gasteiger charge is -2.16. The molecule has 2 heterocycles. The molecule has 0 spiro atoms. The molecule has 108 valence electrons. The third-order valence-corrected chi connectivity index (χ3v) is 3.81. The third-order valence-electron chi connectivity index (χ3n) is 3.81. The molecule has 19 heavy (non-hydrogen) atoms. The lowest BCUT2D eigenvalue weighted by atomic mass is 10.1. The summed E-state index contributed by atoms with van der Waals surface area (Å²) in [6.45, 7) is 4.31. The highest BCUT2D eigenvalue weighted by Gasteiger charge is 2.17. The molecule has 0 saturated carbocycles. The quantitative estimate of drug-likeness (QED) is 0.856. The molecule has 1 fully saturated rings. The van der Waals surface area contributed by atoms with Crippen molar-refractivity contribution in [1.29, 1.82) is 0 Å². The molecule has 0 amide bonds. The van der Waals surface area contributed by atoms with Crippen molar-refractivity contribution >= 4 is 5.95 Å². The minimum atomic E-state index is 0.433. The normalized spacial score (nSPS) is 18.3. The molecule has 1 aliphatic rings. The highest BCUT2D eigenvalue weighted by atomic mass is 16.5. The van der Waals surface area contributed by atoms with Crippen LogP contribution in [-0.2, 0) is 6.42 Å². The molecular weight excluding hydrogens is 240 g/mol. The van der Waals surface area contributed by atoms with Crippen LogP contribution >= 0.6 is 0 Å². The highest BCUT2D eigenvalue weighted by Crippen LogP contribution is 2.17. The fraction of sp³-hybridized carbons (Fsp3) is 0.857. The van der Waals surface area contributed by atoms with Crippen LogP contribution in [0.25, 0.3) is 0 Å². The number of rotatable bonds is 6. The zero-order valence-corrected chi connectivity index (χ0v) is 12.2. The Kier molecular flexibility index (Phi) is 5.63. The Morgan fingerprint density at radius 1 is 1.26 bits per heavy atom. The van der Waals surface area contributed by atoms with Gasteiger partial charge in [0.15, 0.2) is 0 Å². The van der Waals surface area contributed by atoms with E-state index in [2.05, 4.69) is 27.3 Å². The number of anilines is 1. The molecule has 1 unspecified atom stereocenters. The molecule has 5 heteroatoms. The van der Waals surface area contributed by atoms with E-state index in [9.17, 15) is 0 Å². The van der Waals surface area contributed by atoms with Crippen LogP contribution in [0.15, 0.2) is 4.52 Å². The summed E-state index contributed by atoms with van der Waals surface area (Å²) in [6, 6.07) is 0.433. The minimum absolute atomic E-state index is 0.433. The van der Waals surface area contributed by atoms with E-state index in [-0.39, 0.29) is 0 Å².